The second-order valence-electron chi connectivity index (χ2n) is 7.35. The smallest absolute Gasteiger partial charge is 0.242 e. The summed E-state index contributed by atoms with van der Waals surface area (Å²) < 4.78 is 0. The molecule has 0 radical (unpaired) electrons. The van der Waals surface area contributed by atoms with E-state index in [1.807, 2.05) is 45.0 Å². The Balaban J connectivity index is 1.77. The molecule has 1 aliphatic rings. The van der Waals surface area contributed by atoms with Gasteiger partial charge in [-0.05, 0) is 24.0 Å². The number of benzene rings is 1. The van der Waals surface area contributed by atoms with Gasteiger partial charge in [0.15, 0.2) is 0 Å². The Hall–Kier alpha value is -2.41. The van der Waals surface area contributed by atoms with Gasteiger partial charge in [-0.25, -0.2) is 0 Å². The standard InChI is InChI=1S/C20H30N4O3/c1-14(2)19(21)20(27)22-13-18(26)24-10-8-23(9-11-24)17(25)12-16-7-5-4-6-15(16)3/h4-7,14,19H,8-13,21H2,1-3H3,(H,22,27)/t19-/m0/s1. The number of nitrogens with zero attached hydrogens (tertiary/aromatic N) is 2. The minimum atomic E-state index is -0.617. The van der Waals surface area contributed by atoms with Gasteiger partial charge >= 0.3 is 0 Å². The van der Waals surface area contributed by atoms with E-state index in [0.717, 1.165) is 11.1 Å². The fourth-order valence-corrected chi connectivity index (χ4v) is 2.98. The molecule has 0 bridgehead atoms. The number of rotatable bonds is 6. The molecule has 2 rings (SSSR count). The van der Waals surface area contributed by atoms with Crippen LogP contribution in [0.2, 0.25) is 0 Å². The lowest BCUT2D eigenvalue weighted by Crippen LogP contribution is -2.54. The maximum absolute atomic E-state index is 12.5. The number of carbonyl (C=O) groups is 3. The van der Waals surface area contributed by atoms with E-state index in [0.29, 0.717) is 32.6 Å². The third-order valence-electron chi connectivity index (χ3n) is 5.02. The van der Waals surface area contributed by atoms with Crippen LogP contribution in [-0.2, 0) is 20.8 Å². The lowest BCUT2D eigenvalue weighted by molar-refractivity contribution is -0.139. The first-order valence-corrected chi connectivity index (χ1v) is 9.43. The van der Waals surface area contributed by atoms with Crippen LogP contribution in [0.5, 0.6) is 0 Å². The minimum Gasteiger partial charge on any atom is -0.346 e. The molecule has 1 aromatic rings. The number of nitrogens with one attached hydrogen (secondary N) is 1. The summed E-state index contributed by atoms with van der Waals surface area (Å²) in [4.78, 5) is 40.1. The molecule has 1 aromatic carbocycles. The zero-order valence-corrected chi connectivity index (χ0v) is 16.4. The molecule has 0 aromatic heterocycles. The van der Waals surface area contributed by atoms with Crippen molar-refractivity contribution in [2.45, 2.75) is 33.2 Å². The monoisotopic (exact) mass is 374 g/mol. The highest BCUT2D eigenvalue weighted by atomic mass is 16.2. The Morgan fingerprint density at radius 2 is 1.59 bits per heavy atom. The van der Waals surface area contributed by atoms with Crippen molar-refractivity contribution in [2.75, 3.05) is 32.7 Å². The number of hydrogen-bond donors (Lipinski definition) is 2. The maximum atomic E-state index is 12.5. The van der Waals surface area contributed by atoms with Crippen LogP contribution in [-0.4, -0.2) is 66.3 Å². The SMILES string of the molecule is Cc1ccccc1CC(=O)N1CCN(C(=O)CNC(=O)[C@@H](N)C(C)C)CC1. The summed E-state index contributed by atoms with van der Waals surface area (Å²) in [5.74, 6) is -0.369. The Labute approximate surface area is 160 Å². The van der Waals surface area contributed by atoms with Crippen molar-refractivity contribution < 1.29 is 14.4 Å². The number of carbonyl (C=O) groups excluding carboxylic acids is 3. The molecule has 0 unspecified atom stereocenters. The average molecular weight is 374 g/mol. The van der Waals surface area contributed by atoms with Crippen molar-refractivity contribution in [1.82, 2.24) is 15.1 Å². The van der Waals surface area contributed by atoms with Crippen LogP contribution in [0.1, 0.15) is 25.0 Å². The van der Waals surface area contributed by atoms with Gasteiger partial charge in [-0.15, -0.1) is 0 Å². The molecule has 3 amide bonds. The van der Waals surface area contributed by atoms with Gasteiger partial charge < -0.3 is 20.9 Å². The summed E-state index contributed by atoms with van der Waals surface area (Å²) in [6.45, 7) is 7.63. The molecular formula is C20H30N4O3. The molecule has 1 aliphatic heterocycles. The normalized spacial score (nSPS) is 15.6. The van der Waals surface area contributed by atoms with E-state index in [1.165, 1.54) is 0 Å². The number of aryl methyl sites for hydroxylation is 1. The molecule has 27 heavy (non-hydrogen) atoms. The number of nitrogens with two attached hydrogens (primary N) is 1. The van der Waals surface area contributed by atoms with E-state index < -0.39 is 6.04 Å². The van der Waals surface area contributed by atoms with E-state index in [2.05, 4.69) is 5.32 Å². The molecule has 1 fully saturated rings. The third-order valence-corrected chi connectivity index (χ3v) is 5.02. The lowest BCUT2D eigenvalue weighted by Gasteiger charge is -2.35. The Bertz CT molecular complexity index is 682. The first-order chi connectivity index (χ1) is 12.8. The van der Waals surface area contributed by atoms with E-state index in [1.54, 1.807) is 9.80 Å². The van der Waals surface area contributed by atoms with Crippen LogP contribution in [0.3, 0.4) is 0 Å². The summed E-state index contributed by atoms with van der Waals surface area (Å²) in [5.41, 5.74) is 7.91. The van der Waals surface area contributed by atoms with Crippen LogP contribution in [0, 0.1) is 12.8 Å². The average Bonchev–Trinajstić information content (AvgIpc) is 2.66. The second-order valence-corrected chi connectivity index (χ2v) is 7.35. The van der Waals surface area contributed by atoms with Gasteiger partial charge in [-0.1, -0.05) is 38.1 Å². The molecular weight excluding hydrogens is 344 g/mol. The van der Waals surface area contributed by atoms with Crippen molar-refractivity contribution in [3.8, 4) is 0 Å². The van der Waals surface area contributed by atoms with Gasteiger partial charge in [0.25, 0.3) is 0 Å². The quantitative estimate of drug-likeness (QED) is 0.749. The predicted octanol–water partition coefficient (Wildman–Crippen LogP) is 0.308. The molecule has 1 atom stereocenters. The number of amides is 3. The maximum Gasteiger partial charge on any atom is 0.242 e. The van der Waals surface area contributed by atoms with Crippen LogP contribution in [0.25, 0.3) is 0 Å². The highest BCUT2D eigenvalue weighted by molar-refractivity contribution is 5.87. The summed E-state index contributed by atoms with van der Waals surface area (Å²) >= 11 is 0. The number of piperazine rings is 1. The fourth-order valence-electron chi connectivity index (χ4n) is 2.98. The van der Waals surface area contributed by atoms with Gasteiger partial charge in [-0.2, -0.15) is 0 Å². The van der Waals surface area contributed by atoms with Gasteiger partial charge in [0.1, 0.15) is 0 Å². The molecule has 1 saturated heterocycles. The van der Waals surface area contributed by atoms with Crippen molar-refractivity contribution >= 4 is 17.7 Å². The van der Waals surface area contributed by atoms with E-state index in [9.17, 15) is 14.4 Å². The Morgan fingerprint density at radius 1 is 1.04 bits per heavy atom. The van der Waals surface area contributed by atoms with Gasteiger partial charge in [0, 0.05) is 26.2 Å². The van der Waals surface area contributed by atoms with E-state index in [4.69, 9.17) is 5.73 Å². The first kappa shape index (κ1) is 20.9. The van der Waals surface area contributed by atoms with Crippen molar-refractivity contribution in [3.05, 3.63) is 35.4 Å². The van der Waals surface area contributed by atoms with Gasteiger partial charge in [0.2, 0.25) is 17.7 Å². The molecule has 0 spiro atoms. The first-order valence-electron chi connectivity index (χ1n) is 9.43. The van der Waals surface area contributed by atoms with Gasteiger partial charge in [-0.3, -0.25) is 14.4 Å². The number of hydrogen-bond acceptors (Lipinski definition) is 4. The van der Waals surface area contributed by atoms with Crippen LogP contribution in [0.15, 0.2) is 24.3 Å². The molecule has 1 heterocycles. The summed E-state index contributed by atoms with van der Waals surface area (Å²) in [6, 6.07) is 7.25. The predicted molar refractivity (Wildman–Crippen MR) is 104 cm³/mol. The van der Waals surface area contributed by atoms with E-state index in [-0.39, 0.29) is 30.2 Å². The van der Waals surface area contributed by atoms with Crippen LogP contribution in [0.4, 0.5) is 0 Å². The van der Waals surface area contributed by atoms with Crippen LogP contribution < -0.4 is 11.1 Å². The topological polar surface area (TPSA) is 95.7 Å². The molecule has 0 saturated carbocycles. The van der Waals surface area contributed by atoms with Gasteiger partial charge in [0.05, 0.1) is 19.0 Å². The zero-order chi connectivity index (χ0) is 20.0. The van der Waals surface area contributed by atoms with E-state index >= 15 is 0 Å². The largest absolute Gasteiger partial charge is 0.346 e. The highest BCUT2D eigenvalue weighted by Crippen LogP contribution is 2.11. The van der Waals surface area contributed by atoms with Crippen molar-refractivity contribution in [2.24, 2.45) is 11.7 Å². The molecule has 7 nitrogen and oxygen atoms in total. The minimum absolute atomic E-state index is 0.0166. The van der Waals surface area contributed by atoms with Crippen molar-refractivity contribution in [1.29, 1.82) is 0 Å². The Morgan fingerprint density at radius 3 is 2.15 bits per heavy atom. The molecule has 148 valence electrons. The van der Waals surface area contributed by atoms with Crippen LogP contribution >= 0.6 is 0 Å². The summed E-state index contributed by atoms with van der Waals surface area (Å²) in [5, 5.41) is 2.60. The second kappa shape index (κ2) is 9.50. The fraction of sp³-hybridized carbons (Fsp3) is 0.550. The molecule has 7 heteroatoms. The van der Waals surface area contributed by atoms with Crippen molar-refractivity contribution in [3.63, 3.8) is 0 Å². The third kappa shape index (κ3) is 5.79. The Kier molecular flexibility index (Phi) is 7.36. The zero-order valence-electron chi connectivity index (χ0n) is 16.4. The molecule has 3 N–H and O–H groups in total. The highest BCUT2D eigenvalue weighted by Gasteiger charge is 2.25. The summed E-state index contributed by atoms with van der Waals surface area (Å²) in [6.07, 6.45) is 0.379. The molecule has 0 aliphatic carbocycles. The lowest BCUT2D eigenvalue weighted by atomic mass is 10.1. The summed E-state index contributed by atoms with van der Waals surface area (Å²) in [7, 11) is 0.